The fourth-order valence-electron chi connectivity index (χ4n) is 1.97. The van der Waals surface area contributed by atoms with E-state index in [-0.39, 0.29) is 17.6 Å². The van der Waals surface area contributed by atoms with Gasteiger partial charge in [0, 0.05) is 5.56 Å². The first kappa shape index (κ1) is 21.1. The average molecular weight is 366 g/mol. The first-order valence-electron chi connectivity index (χ1n) is 7.71. The Bertz CT molecular complexity index is 749. The number of esters is 1. The normalized spacial score (nSPS) is 12.7. The molecule has 0 aliphatic rings. The number of benzene rings is 1. The van der Waals surface area contributed by atoms with E-state index in [1.807, 2.05) is 0 Å². The summed E-state index contributed by atoms with van der Waals surface area (Å²) in [4.78, 5) is 23.7. The van der Waals surface area contributed by atoms with Gasteiger partial charge in [-0.25, -0.2) is 18.4 Å². The van der Waals surface area contributed by atoms with Crippen molar-refractivity contribution in [2.24, 2.45) is 0 Å². The summed E-state index contributed by atoms with van der Waals surface area (Å²) < 4.78 is 36.8. The molecule has 1 rings (SSSR count). The molecule has 26 heavy (non-hydrogen) atoms. The topological polar surface area (TPSA) is 88.4 Å². The number of carbonyl (C=O) groups is 2. The second-order valence-electron chi connectivity index (χ2n) is 6.29. The highest BCUT2D eigenvalue weighted by Crippen LogP contribution is 2.21. The van der Waals surface area contributed by atoms with Gasteiger partial charge in [-0.3, -0.25) is 0 Å². The number of nitrogens with one attached hydrogen (secondary N) is 1. The standard InChI is InChI=1S/C18H20F2N2O4/c1-18(2,3)26-17(24)22-14(16(23)25-4)9-8-11(10-21)12-6-5-7-13(19)15(12)20/h5-8,14H,9H2,1-4H3,(H,22,24)/b11-8+/t14-/m0/s1. The molecule has 0 saturated carbocycles. The number of halogens is 2. The van der Waals surface area contributed by atoms with E-state index < -0.39 is 35.3 Å². The van der Waals surface area contributed by atoms with Crippen LogP contribution in [0, 0.1) is 23.0 Å². The molecule has 0 spiro atoms. The lowest BCUT2D eigenvalue weighted by Gasteiger charge is -2.22. The first-order valence-corrected chi connectivity index (χ1v) is 7.71. The van der Waals surface area contributed by atoms with E-state index in [4.69, 9.17) is 4.74 Å². The Kier molecular flexibility index (Phi) is 7.26. The van der Waals surface area contributed by atoms with Crippen LogP contribution in [0.3, 0.4) is 0 Å². The molecule has 0 aromatic heterocycles. The van der Waals surface area contributed by atoms with Gasteiger partial charge in [0.15, 0.2) is 11.6 Å². The monoisotopic (exact) mass is 366 g/mol. The number of rotatable bonds is 5. The fourth-order valence-corrected chi connectivity index (χ4v) is 1.97. The number of nitrogens with zero attached hydrogens (tertiary/aromatic N) is 1. The Morgan fingerprint density at radius 1 is 1.35 bits per heavy atom. The lowest BCUT2D eigenvalue weighted by Crippen LogP contribution is -2.43. The van der Waals surface area contributed by atoms with Gasteiger partial charge < -0.3 is 14.8 Å². The number of allylic oxidation sites excluding steroid dienone is 1. The lowest BCUT2D eigenvalue weighted by molar-refractivity contribution is -0.143. The van der Waals surface area contributed by atoms with Gasteiger partial charge in [-0.2, -0.15) is 5.26 Å². The van der Waals surface area contributed by atoms with E-state index in [0.717, 1.165) is 13.2 Å². The van der Waals surface area contributed by atoms with Gasteiger partial charge in [-0.15, -0.1) is 0 Å². The Labute approximate surface area is 150 Å². The van der Waals surface area contributed by atoms with Gasteiger partial charge in [0.1, 0.15) is 11.6 Å². The minimum Gasteiger partial charge on any atom is -0.467 e. The van der Waals surface area contributed by atoms with Gasteiger partial charge in [0.2, 0.25) is 0 Å². The predicted octanol–water partition coefficient (Wildman–Crippen LogP) is 3.33. The maximum absolute atomic E-state index is 13.8. The summed E-state index contributed by atoms with van der Waals surface area (Å²) in [6.07, 6.45) is 0.193. The van der Waals surface area contributed by atoms with Crippen LogP contribution in [0.1, 0.15) is 32.8 Å². The summed E-state index contributed by atoms with van der Waals surface area (Å²) in [6, 6.07) is 4.01. The number of hydrogen-bond acceptors (Lipinski definition) is 5. The molecular weight excluding hydrogens is 346 g/mol. The third-order valence-corrected chi connectivity index (χ3v) is 3.10. The molecule has 6 nitrogen and oxygen atoms in total. The van der Waals surface area contributed by atoms with Crippen molar-refractivity contribution in [2.45, 2.75) is 38.8 Å². The van der Waals surface area contributed by atoms with E-state index in [2.05, 4.69) is 10.1 Å². The molecule has 1 aromatic rings. The number of ether oxygens (including phenoxy) is 2. The summed E-state index contributed by atoms with van der Waals surface area (Å²) >= 11 is 0. The molecule has 1 aromatic carbocycles. The molecule has 1 atom stereocenters. The zero-order valence-corrected chi connectivity index (χ0v) is 14.9. The number of methoxy groups -OCH3 is 1. The third kappa shape index (κ3) is 6.16. The average Bonchev–Trinajstić information content (AvgIpc) is 2.55. The number of nitriles is 1. The van der Waals surface area contributed by atoms with Crippen molar-refractivity contribution in [1.82, 2.24) is 5.32 Å². The quantitative estimate of drug-likeness (QED) is 0.638. The number of amides is 1. The van der Waals surface area contributed by atoms with E-state index >= 15 is 0 Å². The van der Waals surface area contributed by atoms with E-state index in [0.29, 0.717) is 0 Å². The van der Waals surface area contributed by atoms with Crippen molar-refractivity contribution in [1.29, 1.82) is 5.26 Å². The van der Waals surface area contributed by atoms with E-state index in [9.17, 15) is 23.6 Å². The van der Waals surface area contributed by atoms with Crippen LogP contribution in [-0.4, -0.2) is 30.8 Å². The SMILES string of the molecule is COC(=O)[C@H](C/C=C(\C#N)c1cccc(F)c1F)NC(=O)OC(C)(C)C. The smallest absolute Gasteiger partial charge is 0.408 e. The van der Waals surface area contributed by atoms with Crippen molar-refractivity contribution >= 4 is 17.6 Å². The Morgan fingerprint density at radius 2 is 2.00 bits per heavy atom. The number of hydrogen-bond donors (Lipinski definition) is 1. The minimum atomic E-state index is -1.17. The summed E-state index contributed by atoms with van der Waals surface area (Å²) in [5, 5.41) is 11.5. The largest absolute Gasteiger partial charge is 0.467 e. The van der Waals surface area contributed by atoms with Crippen molar-refractivity contribution in [3.63, 3.8) is 0 Å². The summed E-state index contributed by atoms with van der Waals surface area (Å²) in [5.41, 5.74) is -1.20. The highest BCUT2D eigenvalue weighted by Gasteiger charge is 2.24. The molecule has 0 saturated heterocycles. The van der Waals surface area contributed by atoms with Crippen LogP contribution in [0.25, 0.3) is 5.57 Å². The molecule has 1 amide bonds. The van der Waals surface area contributed by atoms with Crippen LogP contribution in [0.5, 0.6) is 0 Å². The zero-order chi connectivity index (χ0) is 19.9. The summed E-state index contributed by atoms with van der Waals surface area (Å²) in [6.45, 7) is 4.96. The summed E-state index contributed by atoms with van der Waals surface area (Å²) in [5.74, 6) is -3.04. The molecule has 8 heteroatoms. The first-order chi connectivity index (χ1) is 12.1. The van der Waals surface area contributed by atoms with Crippen LogP contribution in [-0.2, 0) is 14.3 Å². The maximum atomic E-state index is 13.8. The third-order valence-electron chi connectivity index (χ3n) is 3.10. The predicted molar refractivity (Wildman–Crippen MR) is 89.7 cm³/mol. The molecule has 0 bridgehead atoms. The highest BCUT2D eigenvalue weighted by atomic mass is 19.2. The molecule has 0 aliphatic heterocycles. The number of alkyl carbamates (subject to hydrolysis) is 1. The fraction of sp³-hybridized carbons (Fsp3) is 0.389. The van der Waals surface area contributed by atoms with Crippen LogP contribution in [0.15, 0.2) is 24.3 Å². The van der Waals surface area contributed by atoms with Crippen molar-refractivity contribution in [3.8, 4) is 6.07 Å². The Balaban J connectivity index is 3.01. The maximum Gasteiger partial charge on any atom is 0.408 e. The van der Waals surface area contributed by atoms with Crippen LogP contribution in [0.2, 0.25) is 0 Å². The molecule has 0 heterocycles. The van der Waals surface area contributed by atoms with Crippen LogP contribution in [0.4, 0.5) is 13.6 Å². The minimum absolute atomic E-state index is 0.176. The van der Waals surface area contributed by atoms with Gasteiger partial charge in [-0.1, -0.05) is 18.2 Å². The molecular formula is C18H20F2N2O4. The second-order valence-corrected chi connectivity index (χ2v) is 6.29. The molecule has 0 fully saturated rings. The highest BCUT2D eigenvalue weighted by molar-refractivity contribution is 5.83. The van der Waals surface area contributed by atoms with Gasteiger partial charge >= 0.3 is 12.1 Å². The van der Waals surface area contributed by atoms with Crippen molar-refractivity contribution in [2.75, 3.05) is 7.11 Å². The molecule has 0 aliphatic carbocycles. The lowest BCUT2D eigenvalue weighted by atomic mass is 10.0. The van der Waals surface area contributed by atoms with Gasteiger partial charge in [0.25, 0.3) is 0 Å². The van der Waals surface area contributed by atoms with E-state index in [1.165, 1.54) is 18.2 Å². The molecule has 0 radical (unpaired) electrons. The Morgan fingerprint density at radius 3 is 2.54 bits per heavy atom. The zero-order valence-electron chi connectivity index (χ0n) is 14.9. The van der Waals surface area contributed by atoms with E-state index in [1.54, 1.807) is 26.8 Å². The molecule has 140 valence electrons. The van der Waals surface area contributed by atoms with Gasteiger partial charge in [0.05, 0.1) is 18.8 Å². The van der Waals surface area contributed by atoms with Crippen molar-refractivity contribution in [3.05, 3.63) is 41.5 Å². The second kappa shape index (κ2) is 8.94. The van der Waals surface area contributed by atoms with Crippen LogP contribution < -0.4 is 5.32 Å². The van der Waals surface area contributed by atoms with Gasteiger partial charge in [-0.05, 0) is 33.3 Å². The molecule has 1 N–H and O–H groups in total. The summed E-state index contributed by atoms with van der Waals surface area (Å²) in [7, 11) is 1.13. The van der Waals surface area contributed by atoms with Crippen molar-refractivity contribution < 1.29 is 27.8 Å². The Hall–Kier alpha value is -2.95. The number of carbonyl (C=O) groups excluding carboxylic acids is 2. The molecule has 0 unspecified atom stereocenters. The van der Waals surface area contributed by atoms with Crippen LogP contribution >= 0.6 is 0 Å².